The van der Waals surface area contributed by atoms with Gasteiger partial charge in [0.2, 0.25) is 0 Å². The molecule has 0 saturated heterocycles. The highest BCUT2D eigenvalue weighted by molar-refractivity contribution is 6.32. The lowest BCUT2D eigenvalue weighted by molar-refractivity contribution is 0.0947. The van der Waals surface area contributed by atoms with E-state index in [1.807, 2.05) is 12.1 Å². The fourth-order valence-electron chi connectivity index (χ4n) is 2.38. The van der Waals surface area contributed by atoms with Crippen LogP contribution in [-0.4, -0.2) is 44.7 Å². The Hall–Kier alpha value is -3.35. The van der Waals surface area contributed by atoms with Crippen molar-refractivity contribution in [2.75, 3.05) is 18.7 Å². The number of carbonyl (C=O) groups is 1. The molecule has 0 spiro atoms. The molecule has 0 radical (unpaired) electrons. The highest BCUT2D eigenvalue weighted by atomic mass is 35.5. The van der Waals surface area contributed by atoms with Crippen LogP contribution >= 0.6 is 11.6 Å². The summed E-state index contributed by atoms with van der Waals surface area (Å²) in [6.07, 6.45) is 1.79. The van der Waals surface area contributed by atoms with Gasteiger partial charge >= 0.3 is 0 Å². The van der Waals surface area contributed by atoms with Crippen molar-refractivity contribution in [3.05, 3.63) is 52.8 Å². The van der Waals surface area contributed by atoms with Gasteiger partial charge in [-0.2, -0.15) is 15.5 Å². The first-order chi connectivity index (χ1) is 13.0. The molecule has 2 heterocycles. The van der Waals surface area contributed by atoms with Gasteiger partial charge in [0, 0.05) is 31.4 Å². The largest absolute Gasteiger partial charge is 0.349 e. The Morgan fingerprint density at radius 3 is 2.93 bits per heavy atom. The second-order valence-electron chi connectivity index (χ2n) is 5.69. The van der Waals surface area contributed by atoms with Crippen molar-refractivity contribution in [2.24, 2.45) is 0 Å². The van der Waals surface area contributed by atoms with E-state index in [1.165, 1.54) is 13.1 Å². The molecule has 1 amide bonds. The number of rotatable bonds is 6. The Morgan fingerprint density at radius 2 is 2.26 bits per heavy atom. The van der Waals surface area contributed by atoms with Gasteiger partial charge in [0.25, 0.3) is 5.91 Å². The van der Waals surface area contributed by atoms with E-state index < -0.39 is 0 Å². The summed E-state index contributed by atoms with van der Waals surface area (Å²) in [5.74, 6) is -0.0835. The number of carbonyl (C=O) groups excluding carboxylic acids is 1. The van der Waals surface area contributed by atoms with Crippen molar-refractivity contribution in [1.82, 2.24) is 25.3 Å². The van der Waals surface area contributed by atoms with E-state index in [0.29, 0.717) is 23.7 Å². The molecule has 0 unspecified atom stereocenters. The van der Waals surface area contributed by atoms with E-state index in [9.17, 15) is 10.0 Å². The number of halogens is 1. The van der Waals surface area contributed by atoms with E-state index >= 15 is 0 Å². The number of H-pyrrole nitrogens is 1. The molecule has 3 aromatic rings. The van der Waals surface area contributed by atoms with Gasteiger partial charge < -0.3 is 5.32 Å². The number of hydrogen-bond acceptors (Lipinski definition) is 6. The van der Waals surface area contributed by atoms with E-state index in [0.717, 1.165) is 16.3 Å². The molecule has 0 aliphatic heterocycles. The van der Waals surface area contributed by atoms with Crippen molar-refractivity contribution < 1.29 is 10.0 Å². The molecule has 0 saturated carbocycles. The number of aromatic amines is 1. The number of amides is 1. The lowest BCUT2D eigenvalue weighted by atomic mass is 10.1. The second kappa shape index (κ2) is 7.90. The molecule has 2 aromatic heterocycles. The van der Waals surface area contributed by atoms with Crippen LogP contribution in [0.5, 0.6) is 0 Å². The number of anilines is 1. The Morgan fingerprint density at radius 1 is 1.44 bits per heavy atom. The van der Waals surface area contributed by atoms with Crippen LogP contribution in [0.15, 0.2) is 36.5 Å². The minimum atomic E-state index is -0.332. The number of aromatic nitrogens is 4. The van der Waals surface area contributed by atoms with Crippen molar-refractivity contribution in [2.45, 2.75) is 6.54 Å². The van der Waals surface area contributed by atoms with Crippen LogP contribution in [0.1, 0.15) is 16.1 Å². The van der Waals surface area contributed by atoms with Gasteiger partial charge in [-0.25, -0.2) is 5.06 Å². The van der Waals surface area contributed by atoms with Crippen molar-refractivity contribution in [3.63, 3.8) is 0 Å². The molecular formula is C17H16ClN7O2. The van der Waals surface area contributed by atoms with Crippen molar-refractivity contribution >= 4 is 23.3 Å². The van der Waals surface area contributed by atoms with Crippen LogP contribution in [0.2, 0.25) is 5.02 Å². The van der Waals surface area contributed by atoms with Crippen LogP contribution in [-0.2, 0) is 6.54 Å². The summed E-state index contributed by atoms with van der Waals surface area (Å²) in [6.45, 7) is 0.827. The molecule has 3 rings (SSSR count). The van der Waals surface area contributed by atoms with Gasteiger partial charge in [-0.15, -0.1) is 0 Å². The fraction of sp³-hybridized carbons (Fsp3) is 0.176. The average Bonchev–Trinajstić information content (AvgIpc) is 3.31. The number of benzene rings is 1. The summed E-state index contributed by atoms with van der Waals surface area (Å²) in [6, 6.07) is 10.4. The molecule has 0 aliphatic rings. The van der Waals surface area contributed by atoms with E-state index in [4.69, 9.17) is 16.9 Å². The van der Waals surface area contributed by atoms with E-state index in [2.05, 4.69) is 20.6 Å². The van der Waals surface area contributed by atoms with Crippen molar-refractivity contribution in [1.29, 1.82) is 5.26 Å². The molecule has 10 heteroatoms. The Balaban J connectivity index is 1.57. The topological polar surface area (TPSA) is 123 Å². The standard InChI is InChI=1S/C17H16ClN7O2/c1-24(27)16-9-15(21-22-16)17(26)20-5-7-25-6-4-14(23-25)11-2-3-12(10-19)13(18)8-11/h2-4,6,8-9,27H,5,7H2,1H3,(H,20,26)(H,21,22). The molecule has 0 fully saturated rings. The van der Waals surface area contributed by atoms with Crippen LogP contribution in [0, 0.1) is 11.3 Å². The Labute approximate surface area is 159 Å². The van der Waals surface area contributed by atoms with Gasteiger partial charge in [-0.05, 0) is 18.2 Å². The molecule has 9 nitrogen and oxygen atoms in total. The molecule has 0 bridgehead atoms. The third-order valence-corrected chi connectivity index (χ3v) is 4.11. The Bertz CT molecular complexity index is 1000. The summed E-state index contributed by atoms with van der Waals surface area (Å²) in [4.78, 5) is 12.0. The van der Waals surface area contributed by atoms with Crippen molar-refractivity contribution in [3.8, 4) is 17.3 Å². The third-order valence-electron chi connectivity index (χ3n) is 3.79. The maximum atomic E-state index is 12.0. The van der Waals surface area contributed by atoms with E-state index in [-0.39, 0.29) is 17.4 Å². The zero-order valence-corrected chi connectivity index (χ0v) is 15.1. The summed E-state index contributed by atoms with van der Waals surface area (Å²) in [5.41, 5.74) is 2.19. The minimum Gasteiger partial charge on any atom is -0.349 e. The van der Waals surface area contributed by atoms with Gasteiger partial charge in [0.05, 0.1) is 22.8 Å². The molecule has 0 aliphatic carbocycles. The Kier molecular flexibility index (Phi) is 5.40. The zero-order chi connectivity index (χ0) is 19.4. The summed E-state index contributed by atoms with van der Waals surface area (Å²) in [7, 11) is 1.41. The highest BCUT2D eigenvalue weighted by Crippen LogP contribution is 2.24. The molecule has 0 atom stereocenters. The second-order valence-corrected chi connectivity index (χ2v) is 6.10. The highest BCUT2D eigenvalue weighted by Gasteiger charge is 2.11. The minimum absolute atomic E-state index is 0.248. The normalized spacial score (nSPS) is 10.4. The van der Waals surface area contributed by atoms with Gasteiger partial charge in [-0.3, -0.25) is 19.8 Å². The average molecular weight is 386 g/mol. The quantitative estimate of drug-likeness (QED) is 0.558. The molecule has 138 valence electrons. The summed E-state index contributed by atoms with van der Waals surface area (Å²) < 4.78 is 1.70. The number of hydrogen-bond donors (Lipinski definition) is 3. The zero-order valence-electron chi connectivity index (χ0n) is 14.3. The number of hydroxylamine groups is 1. The fourth-order valence-corrected chi connectivity index (χ4v) is 2.60. The number of nitrogens with zero attached hydrogens (tertiary/aromatic N) is 5. The maximum Gasteiger partial charge on any atom is 0.269 e. The van der Waals surface area contributed by atoms with Crippen LogP contribution in [0.3, 0.4) is 0 Å². The van der Waals surface area contributed by atoms with Gasteiger partial charge in [-0.1, -0.05) is 17.7 Å². The summed E-state index contributed by atoms with van der Waals surface area (Å²) >= 11 is 6.05. The first-order valence-electron chi connectivity index (χ1n) is 7.97. The van der Waals surface area contributed by atoms with Crippen LogP contribution in [0.4, 0.5) is 5.82 Å². The SMILES string of the molecule is CN(O)c1cc(C(=O)NCCn2ccc(-c3ccc(C#N)c(Cl)c3)n2)[nH]n1. The maximum absolute atomic E-state index is 12.0. The monoisotopic (exact) mass is 385 g/mol. The lowest BCUT2D eigenvalue weighted by Gasteiger charge is -2.04. The lowest BCUT2D eigenvalue weighted by Crippen LogP contribution is -2.27. The summed E-state index contributed by atoms with van der Waals surface area (Å²) in [5, 5.41) is 32.9. The molecule has 3 N–H and O–H groups in total. The van der Waals surface area contributed by atoms with Gasteiger partial charge in [0.15, 0.2) is 5.82 Å². The smallest absolute Gasteiger partial charge is 0.269 e. The predicted octanol–water partition coefficient (Wildman–Crippen LogP) is 2.05. The van der Waals surface area contributed by atoms with Crippen LogP contribution < -0.4 is 10.4 Å². The predicted molar refractivity (Wildman–Crippen MR) is 98.5 cm³/mol. The number of nitrogens with one attached hydrogen (secondary N) is 2. The first-order valence-corrected chi connectivity index (χ1v) is 8.35. The van der Waals surface area contributed by atoms with E-state index in [1.54, 1.807) is 29.1 Å². The first kappa shape index (κ1) is 18.4. The third kappa shape index (κ3) is 4.25. The molecular weight excluding hydrogens is 370 g/mol. The molecule has 27 heavy (non-hydrogen) atoms. The molecule has 1 aromatic carbocycles. The van der Waals surface area contributed by atoms with Crippen LogP contribution in [0.25, 0.3) is 11.3 Å². The van der Waals surface area contributed by atoms with Gasteiger partial charge in [0.1, 0.15) is 11.8 Å². The number of nitriles is 1.